The van der Waals surface area contributed by atoms with E-state index in [0.29, 0.717) is 44.2 Å². The van der Waals surface area contributed by atoms with Crippen molar-refractivity contribution < 1.29 is 24.2 Å². The van der Waals surface area contributed by atoms with Crippen molar-refractivity contribution in [1.29, 1.82) is 0 Å². The third-order valence-corrected chi connectivity index (χ3v) is 7.26. The van der Waals surface area contributed by atoms with Gasteiger partial charge in [0, 0.05) is 24.7 Å². The summed E-state index contributed by atoms with van der Waals surface area (Å²) in [5.41, 5.74) is 2.44. The Labute approximate surface area is 237 Å². The van der Waals surface area contributed by atoms with E-state index in [-0.39, 0.29) is 24.2 Å². The number of benzene rings is 2. The molecule has 2 aromatic rings. The molecule has 1 heterocycles. The summed E-state index contributed by atoms with van der Waals surface area (Å²) in [5.74, 6) is 0.427. The molecule has 214 valence electrons. The van der Waals surface area contributed by atoms with E-state index in [2.05, 4.69) is 24.1 Å². The molecule has 0 aromatic heterocycles. The lowest BCUT2D eigenvalue weighted by molar-refractivity contribution is -0.132. The molecule has 1 aliphatic heterocycles. The molecule has 0 spiro atoms. The van der Waals surface area contributed by atoms with Crippen LogP contribution in [-0.4, -0.2) is 79.3 Å². The van der Waals surface area contributed by atoms with Gasteiger partial charge in [-0.3, -0.25) is 9.59 Å². The van der Waals surface area contributed by atoms with Crippen LogP contribution in [0.25, 0.3) is 0 Å². The molecular formula is C30H42ClN3O5. The molecule has 0 atom stereocenters. The van der Waals surface area contributed by atoms with Crippen molar-refractivity contribution >= 4 is 29.1 Å². The van der Waals surface area contributed by atoms with Gasteiger partial charge in [0.1, 0.15) is 11.4 Å². The van der Waals surface area contributed by atoms with Gasteiger partial charge in [-0.1, -0.05) is 50.1 Å². The Balaban J connectivity index is 1.43. The average molecular weight is 560 g/mol. The third-order valence-electron chi connectivity index (χ3n) is 7.02. The first-order valence-corrected chi connectivity index (χ1v) is 14.4. The maximum Gasteiger partial charge on any atom is 0.262 e. The first kappa shape index (κ1) is 30.7. The smallest absolute Gasteiger partial charge is 0.262 e. The van der Waals surface area contributed by atoms with Crippen LogP contribution >= 0.6 is 11.6 Å². The number of hydrogen-bond acceptors (Lipinski definition) is 6. The van der Waals surface area contributed by atoms with Crippen molar-refractivity contribution in [2.45, 2.75) is 52.4 Å². The monoisotopic (exact) mass is 559 g/mol. The standard InChI is InChI=1S/C30H42ClN3O5/c1-3-33(4-2)17-18-34(28(37)15-20-38-19-14-23-9-8-11-25(31)21-23)16-7-5-6-10-24-12-13-26(35)29-30(24)39-22-27(36)32-29/h8-9,11-13,21,35H,3-7,10,14-20,22H2,1-2H3,(H,32,36). The molecule has 0 aliphatic carbocycles. The van der Waals surface area contributed by atoms with Crippen molar-refractivity contribution in [3.63, 3.8) is 0 Å². The van der Waals surface area contributed by atoms with E-state index in [1.807, 2.05) is 35.2 Å². The fraction of sp³-hybridized carbons (Fsp3) is 0.533. The predicted octanol–water partition coefficient (Wildman–Crippen LogP) is 4.91. The predicted molar refractivity (Wildman–Crippen MR) is 155 cm³/mol. The van der Waals surface area contributed by atoms with Gasteiger partial charge >= 0.3 is 0 Å². The highest BCUT2D eigenvalue weighted by Gasteiger charge is 2.22. The minimum atomic E-state index is -0.268. The number of carbonyl (C=O) groups excluding carboxylic acids is 2. The van der Waals surface area contributed by atoms with Gasteiger partial charge in [0.15, 0.2) is 12.4 Å². The second-order valence-corrected chi connectivity index (χ2v) is 10.2. The number of carbonyl (C=O) groups is 2. The van der Waals surface area contributed by atoms with E-state index < -0.39 is 0 Å². The number of halogens is 1. The Bertz CT molecular complexity index is 1080. The van der Waals surface area contributed by atoms with Crippen molar-refractivity contribution in [3.8, 4) is 11.5 Å². The van der Waals surface area contributed by atoms with Crippen LogP contribution in [-0.2, 0) is 27.2 Å². The first-order valence-electron chi connectivity index (χ1n) is 14.0. The zero-order valence-electron chi connectivity index (χ0n) is 23.2. The Morgan fingerprint density at radius 3 is 2.64 bits per heavy atom. The zero-order valence-corrected chi connectivity index (χ0v) is 24.0. The molecule has 1 aliphatic rings. The van der Waals surface area contributed by atoms with E-state index in [9.17, 15) is 14.7 Å². The van der Waals surface area contributed by atoms with Gasteiger partial charge in [-0.2, -0.15) is 0 Å². The number of aryl methyl sites for hydroxylation is 1. The molecule has 9 heteroatoms. The van der Waals surface area contributed by atoms with Crippen LogP contribution in [0, 0.1) is 0 Å². The molecule has 2 aromatic carbocycles. The summed E-state index contributed by atoms with van der Waals surface area (Å²) in [4.78, 5) is 29.0. The average Bonchev–Trinajstić information content (AvgIpc) is 2.93. The lowest BCUT2D eigenvalue weighted by Crippen LogP contribution is -2.39. The van der Waals surface area contributed by atoms with E-state index in [4.69, 9.17) is 21.1 Å². The number of amides is 2. The normalized spacial score (nSPS) is 12.7. The Morgan fingerprint density at radius 1 is 1.05 bits per heavy atom. The van der Waals surface area contributed by atoms with Crippen molar-refractivity contribution in [1.82, 2.24) is 9.80 Å². The summed E-state index contributed by atoms with van der Waals surface area (Å²) in [6, 6.07) is 11.2. The number of nitrogens with zero attached hydrogens (tertiary/aromatic N) is 2. The van der Waals surface area contributed by atoms with Gasteiger partial charge in [-0.05, 0) is 68.1 Å². The SMILES string of the molecule is CCN(CC)CCN(CCCCCc1ccc(O)c2c1OCC(=O)N2)C(=O)CCOCCc1cccc(Cl)c1. The second kappa shape index (κ2) is 16.3. The topological polar surface area (TPSA) is 91.3 Å². The fourth-order valence-electron chi connectivity index (χ4n) is 4.67. The summed E-state index contributed by atoms with van der Waals surface area (Å²) in [6.07, 6.45) is 4.68. The largest absolute Gasteiger partial charge is 0.506 e. The molecule has 0 saturated heterocycles. The Hall–Kier alpha value is -2.81. The summed E-state index contributed by atoms with van der Waals surface area (Å²) in [5, 5.41) is 13.5. The van der Waals surface area contributed by atoms with Crippen LogP contribution in [0.2, 0.25) is 5.02 Å². The minimum Gasteiger partial charge on any atom is -0.506 e. The highest BCUT2D eigenvalue weighted by atomic mass is 35.5. The lowest BCUT2D eigenvalue weighted by atomic mass is 10.0. The van der Waals surface area contributed by atoms with Gasteiger partial charge < -0.3 is 29.7 Å². The summed E-state index contributed by atoms with van der Waals surface area (Å²) >= 11 is 6.04. The maximum atomic E-state index is 13.0. The molecule has 0 bridgehead atoms. The maximum absolute atomic E-state index is 13.0. The van der Waals surface area contributed by atoms with Crippen LogP contribution in [0.4, 0.5) is 5.69 Å². The number of ether oxygens (including phenoxy) is 2. The number of nitrogens with one attached hydrogen (secondary N) is 1. The van der Waals surface area contributed by atoms with Gasteiger partial charge in [-0.15, -0.1) is 0 Å². The van der Waals surface area contributed by atoms with E-state index >= 15 is 0 Å². The third kappa shape index (κ3) is 10.0. The van der Waals surface area contributed by atoms with Crippen molar-refractivity contribution in [2.75, 3.05) is 57.9 Å². The van der Waals surface area contributed by atoms with Gasteiger partial charge in [-0.25, -0.2) is 0 Å². The molecule has 0 saturated carbocycles. The van der Waals surface area contributed by atoms with E-state index in [1.54, 1.807) is 6.07 Å². The number of rotatable bonds is 17. The molecule has 0 fully saturated rings. The number of anilines is 1. The highest BCUT2D eigenvalue weighted by Crippen LogP contribution is 2.39. The van der Waals surface area contributed by atoms with Crippen LogP contribution in [0.5, 0.6) is 11.5 Å². The number of phenolic OH excluding ortho intramolecular Hbond substituents is 1. The van der Waals surface area contributed by atoms with E-state index in [0.717, 1.165) is 67.9 Å². The number of phenols is 1. The first-order chi connectivity index (χ1) is 18.9. The molecular weight excluding hydrogens is 518 g/mol. The second-order valence-electron chi connectivity index (χ2n) is 9.75. The van der Waals surface area contributed by atoms with Crippen LogP contribution in [0.15, 0.2) is 36.4 Å². The van der Waals surface area contributed by atoms with Gasteiger partial charge in [0.25, 0.3) is 5.91 Å². The molecule has 2 N–H and O–H groups in total. The van der Waals surface area contributed by atoms with E-state index in [1.165, 1.54) is 0 Å². The molecule has 39 heavy (non-hydrogen) atoms. The summed E-state index contributed by atoms with van der Waals surface area (Å²) in [6.45, 7) is 9.40. The molecule has 0 radical (unpaired) electrons. The Morgan fingerprint density at radius 2 is 1.87 bits per heavy atom. The van der Waals surface area contributed by atoms with Crippen LogP contribution in [0.1, 0.15) is 50.7 Å². The van der Waals surface area contributed by atoms with Crippen LogP contribution < -0.4 is 10.1 Å². The molecule has 2 amide bonds. The van der Waals surface area contributed by atoms with Crippen LogP contribution in [0.3, 0.4) is 0 Å². The van der Waals surface area contributed by atoms with Gasteiger partial charge in [0.2, 0.25) is 5.91 Å². The zero-order chi connectivity index (χ0) is 28.0. The lowest BCUT2D eigenvalue weighted by Gasteiger charge is -2.27. The van der Waals surface area contributed by atoms with Crippen molar-refractivity contribution in [3.05, 3.63) is 52.5 Å². The van der Waals surface area contributed by atoms with Gasteiger partial charge in [0.05, 0.1) is 19.6 Å². The van der Waals surface area contributed by atoms with Crippen molar-refractivity contribution in [2.24, 2.45) is 0 Å². The quantitative estimate of drug-likeness (QED) is 0.211. The Kier molecular flexibility index (Phi) is 12.9. The number of aromatic hydroxyl groups is 1. The number of unbranched alkanes of at least 4 members (excludes halogenated alkanes) is 2. The summed E-state index contributed by atoms with van der Waals surface area (Å²) in [7, 11) is 0. The number of fused-ring (bicyclic) bond motifs is 1. The fourth-order valence-corrected chi connectivity index (χ4v) is 4.88. The highest BCUT2D eigenvalue weighted by molar-refractivity contribution is 6.30. The number of hydrogen-bond donors (Lipinski definition) is 2. The molecule has 0 unspecified atom stereocenters. The molecule has 3 rings (SSSR count). The number of likely N-dealkylation sites (N-methyl/N-ethyl adjacent to an activating group) is 1. The molecule has 8 nitrogen and oxygen atoms in total. The minimum absolute atomic E-state index is 0.0117. The summed E-state index contributed by atoms with van der Waals surface area (Å²) < 4.78 is 11.3.